The highest BCUT2D eigenvalue weighted by atomic mass is 79.9. The SMILES string of the molecule is COCC(C)n1cc(C)nc1Nc1ccc(F)cc1Br. The molecule has 2 aromatic rings. The number of anilines is 2. The van der Waals surface area contributed by atoms with Crippen molar-refractivity contribution in [1.29, 1.82) is 0 Å². The van der Waals surface area contributed by atoms with Crippen LogP contribution in [0.15, 0.2) is 28.9 Å². The van der Waals surface area contributed by atoms with Gasteiger partial charge in [0.1, 0.15) is 5.82 Å². The van der Waals surface area contributed by atoms with E-state index in [0.29, 0.717) is 17.0 Å². The van der Waals surface area contributed by atoms with E-state index in [1.54, 1.807) is 13.2 Å². The molecular formula is C14H17BrFN3O. The average molecular weight is 342 g/mol. The first-order chi connectivity index (χ1) is 9.51. The zero-order valence-electron chi connectivity index (χ0n) is 11.7. The van der Waals surface area contributed by atoms with E-state index >= 15 is 0 Å². The number of aromatic nitrogens is 2. The molecule has 0 saturated carbocycles. The molecule has 0 amide bonds. The maximum absolute atomic E-state index is 13.1. The van der Waals surface area contributed by atoms with Gasteiger partial charge in [-0.1, -0.05) is 0 Å². The lowest BCUT2D eigenvalue weighted by Gasteiger charge is -2.16. The molecule has 0 bridgehead atoms. The minimum absolute atomic E-state index is 0.155. The second-order valence-corrected chi connectivity index (χ2v) is 5.52. The number of hydrogen-bond donors (Lipinski definition) is 1. The van der Waals surface area contributed by atoms with Gasteiger partial charge in [0, 0.05) is 17.8 Å². The van der Waals surface area contributed by atoms with Crippen LogP contribution in [-0.2, 0) is 4.74 Å². The van der Waals surface area contributed by atoms with Crippen molar-refractivity contribution in [2.45, 2.75) is 19.9 Å². The first-order valence-corrected chi connectivity index (χ1v) is 7.07. The molecule has 0 aliphatic heterocycles. The predicted molar refractivity (Wildman–Crippen MR) is 80.9 cm³/mol. The summed E-state index contributed by atoms with van der Waals surface area (Å²) < 4.78 is 20.9. The second kappa shape index (κ2) is 6.37. The lowest BCUT2D eigenvalue weighted by atomic mass is 10.3. The normalized spacial score (nSPS) is 12.4. The van der Waals surface area contributed by atoms with Gasteiger partial charge in [-0.2, -0.15) is 0 Å². The summed E-state index contributed by atoms with van der Waals surface area (Å²) in [6.07, 6.45) is 1.96. The quantitative estimate of drug-likeness (QED) is 0.891. The van der Waals surface area contributed by atoms with E-state index in [4.69, 9.17) is 4.74 Å². The van der Waals surface area contributed by atoms with Crippen molar-refractivity contribution in [2.75, 3.05) is 19.0 Å². The molecule has 1 atom stereocenters. The smallest absolute Gasteiger partial charge is 0.207 e. The van der Waals surface area contributed by atoms with Crippen LogP contribution in [0.2, 0.25) is 0 Å². The Morgan fingerprint density at radius 3 is 2.90 bits per heavy atom. The molecule has 1 heterocycles. The Morgan fingerprint density at radius 1 is 1.50 bits per heavy atom. The molecule has 6 heteroatoms. The van der Waals surface area contributed by atoms with Crippen molar-refractivity contribution < 1.29 is 9.13 Å². The topological polar surface area (TPSA) is 39.1 Å². The number of nitrogens with zero attached hydrogens (tertiary/aromatic N) is 2. The maximum atomic E-state index is 13.1. The highest BCUT2D eigenvalue weighted by molar-refractivity contribution is 9.10. The first kappa shape index (κ1) is 15.0. The fraction of sp³-hybridized carbons (Fsp3) is 0.357. The Labute approximate surface area is 126 Å². The highest BCUT2D eigenvalue weighted by Crippen LogP contribution is 2.27. The largest absolute Gasteiger partial charge is 0.383 e. The molecule has 0 fully saturated rings. The van der Waals surface area contributed by atoms with Crippen molar-refractivity contribution in [3.63, 3.8) is 0 Å². The third-order valence-electron chi connectivity index (χ3n) is 2.91. The van der Waals surface area contributed by atoms with E-state index in [9.17, 15) is 4.39 Å². The van der Waals surface area contributed by atoms with Gasteiger partial charge in [-0.25, -0.2) is 9.37 Å². The highest BCUT2D eigenvalue weighted by Gasteiger charge is 2.13. The minimum Gasteiger partial charge on any atom is -0.383 e. The summed E-state index contributed by atoms with van der Waals surface area (Å²) in [6, 6.07) is 4.66. The van der Waals surface area contributed by atoms with Crippen LogP contribution in [0.25, 0.3) is 0 Å². The van der Waals surface area contributed by atoms with Crippen molar-refractivity contribution in [1.82, 2.24) is 9.55 Å². The number of nitrogens with one attached hydrogen (secondary N) is 1. The molecule has 2 rings (SSSR count). The van der Waals surface area contributed by atoms with Gasteiger partial charge in [-0.15, -0.1) is 0 Å². The van der Waals surface area contributed by atoms with Gasteiger partial charge >= 0.3 is 0 Å². The van der Waals surface area contributed by atoms with Crippen molar-refractivity contribution >= 4 is 27.6 Å². The van der Waals surface area contributed by atoms with E-state index < -0.39 is 0 Å². The molecule has 1 N–H and O–H groups in total. The third kappa shape index (κ3) is 3.37. The van der Waals surface area contributed by atoms with E-state index in [-0.39, 0.29) is 11.9 Å². The molecule has 0 aliphatic carbocycles. The zero-order chi connectivity index (χ0) is 14.7. The number of rotatable bonds is 5. The Kier molecular flexibility index (Phi) is 4.77. The summed E-state index contributed by atoms with van der Waals surface area (Å²) in [7, 11) is 1.67. The minimum atomic E-state index is -0.283. The number of halogens is 2. The van der Waals surface area contributed by atoms with Crippen molar-refractivity contribution in [2.24, 2.45) is 0 Å². The van der Waals surface area contributed by atoms with Crippen LogP contribution >= 0.6 is 15.9 Å². The number of methoxy groups -OCH3 is 1. The van der Waals surface area contributed by atoms with Gasteiger partial charge in [0.25, 0.3) is 0 Å². The molecule has 1 aromatic heterocycles. The number of hydrogen-bond acceptors (Lipinski definition) is 3. The summed E-state index contributed by atoms with van der Waals surface area (Å²) in [5.74, 6) is 0.425. The van der Waals surface area contributed by atoms with Gasteiger partial charge in [-0.3, -0.25) is 0 Å². The third-order valence-corrected chi connectivity index (χ3v) is 3.57. The van der Waals surface area contributed by atoms with Crippen LogP contribution in [0.1, 0.15) is 18.7 Å². The number of benzene rings is 1. The number of ether oxygens (including phenoxy) is 1. The molecule has 1 aromatic carbocycles. The number of imidazole rings is 1. The average Bonchev–Trinajstić information content (AvgIpc) is 2.74. The fourth-order valence-electron chi connectivity index (χ4n) is 1.98. The van der Waals surface area contributed by atoms with Crippen LogP contribution in [0.3, 0.4) is 0 Å². The Balaban J connectivity index is 2.29. The standard InChI is InChI=1S/C14H17BrFN3O/c1-9-7-19(10(2)8-20-3)14(17-9)18-13-5-4-11(16)6-12(13)15/h4-7,10H,8H2,1-3H3,(H,17,18). The molecule has 0 saturated heterocycles. The van der Waals surface area contributed by atoms with E-state index in [1.165, 1.54) is 12.1 Å². The molecule has 20 heavy (non-hydrogen) atoms. The van der Waals surface area contributed by atoms with Crippen LogP contribution in [0, 0.1) is 12.7 Å². The summed E-state index contributed by atoms with van der Waals surface area (Å²) in [4.78, 5) is 4.45. The molecule has 0 aliphatic rings. The molecular weight excluding hydrogens is 325 g/mol. The second-order valence-electron chi connectivity index (χ2n) is 4.67. The summed E-state index contributed by atoms with van der Waals surface area (Å²) in [5.41, 5.74) is 1.68. The maximum Gasteiger partial charge on any atom is 0.207 e. The van der Waals surface area contributed by atoms with Gasteiger partial charge in [0.05, 0.1) is 24.0 Å². The van der Waals surface area contributed by atoms with Crippen LogP contribution in [0.5, 0.6) is 0 Å². The molecule has 0 spiro atoms. The van der Waals surface area contributed by atoms with Crippen LogP contribution in [-0.4, -0.2) is 23.3 Å². The number of aryl methyl sites for hydroxylation is 1. The lowest BCUT2D eigenvalue weighted by Crippen LogP contribution is -2.12. The van der Waals surface area contributed by atoms with Gasteiger partial charge in [0.2, 0.25) is 5.95 Å². The summed E-state index contributed by atoms with van der Waals surface area (Å²) in [6.45, 7) is 4.57. The molecule has 108 valence electrons. The summed E-state index contributed by atoms with van der Waals surface area (Å²) >= 11 is 3.34. The Bertz CT molecular complexity index is 600. The van der Waals surface area contributed by atoms with Crippen LogP contribution in [0.4, 0.5) is 16.0 Å². The van der Waals surface area contributed by atoms with E-state index in [1.807, 2.05) is 17.7 Å². The molecule has 4 nitrogen and oxygen atoms in total. The van der Waals surface area contributed by atoms with Crippen LogP contribution < -0.4 is 5.32 Å². The van der Waals surface area contributed by atoms with Gasteiger partial charge in [0.15, 0.2) is 0 Å². The Morgan fingerprint density at radius 2 is 2.25 bits per heavy atom. The van der Waals surface area contributed by atoms with Gasteiger partial charge in [-0.05, 0) is 48.0 Å². The molecule has 1 unspecified atom stereocenters. The van der Waals surface area contributed by atoms with Crippen molar-refractivity contribution in [3.05, 3.63) is 40.4 Å². The predicted octanol–water partition coefficient (Wildman–Crippen LogP) is 4.04. The summed E-state index contributed by atoms with van der Waals surface area (Å²) in [5, 5.41) is 3.21. The lowest BCUT2D eigenvalue weighted by molar-refractivity contribution is 0.163. The van der Waals surface area contributed by atoms with Crippen molar-refractivity contribution in [3.8, 4) is 0 Å². The monoisotopic (exact) mass is 341 g/mol. The Hall–Kier alpha value is -1.40. The molecule has 0 radical (unpaired) electrons. The zero-order valence-corrected chi connectivity index (χ0v) is 13.2. The van der Waals surface area contributed by atoms with E-state index in [2.05, 4.69) is 33.2 Å². The van der Waals surface area contributed by atoms with Gasteiger partial charge < -0.3 is 14.6 Å². The first-order valence-electron chi connectivity index (χ1n) is 6.27. The fourth-order valence-corrected chi connectivity index (χ4v) is 2.43. The van der Waals surface area contributed by atoms with E-state index in [0.717, 1.165) is 11.4 Å².